The number of ketones is 7. The van der Waals surface area contributed by atoms with Crippen LogP contribution in [0.15, 0.2) is 0 Å². The molecule has 0 fully saturated rings. The van der Waals surface area contributed by atoms with Gasteiger partial charge in [-0.1, -0.05) is 13.8 Å². The Morgan fingerprint density at radius 2 is 0.558 bits per heavy atom. The maximum Gasteiger partial charge on any atom is 0.317 e. The van der Waals surface area contributed by atoms with E-state index in [-0.39, 0.29) is 76.9 Å². The Kier molecular flexibility index (Phi) is 46.0. The van der Waals surface area contributed by atoms with Gasteiger partial charge in [0.25, 0.3) is 0 Å². The van der Waals surface area contributed by atoms with Crippen LogP contribution in [-0.2, 0) is 138 Å². The smallest absolute Gasteiger partial charge is 0.317 e. The van der Waals surface area contributed by atoms with Gasteiger partial charge >= 0.3 is 65.7 Å². The highest BCUT2D eigenvalue weighted by Crippen LogP contribution is 2.21. The molecule has 0 bridgehead atoms. The number of carbonyl (C=O) groups is 18. The second kappa shape index (κ2) is 50.3. The van der Waals surface area contributed by atoms with E-state index in [2.05, 4.69) is 0 Å². The normalized spacial score (nSPS) is 13.4. The molecule has 0 N–H and O–H groups in total. The van der Waals surface area contributed by atoms with Gasteiger partial charge in [-0.25, -0.2) is 0 Å². The van der Waals surface area contributed by atoms with Crippen LogP contribution in [-0.4, -0.2) is 171 Å². The van der Waals surface area contributed by atoms with Crippen molar-refractivity contribution in [2.45, 2.75) is 223 Å². The largest absolute Gasteiger partial charge is 0.466 e. The summed E-state index contributed by atoms with van der Waals surface area (Å²) in [4.78, 5) is 226. The van der Waals surface area contributed by atoms with E-state index in [4.69, 9.17) is 52.1 Å². The van der Waals surface area contributed by atoms with Crippen molar-refractivity contribution in [3.8, 4) is 0 Å². The van der Waals surface area contributed by atoms with Gasteiger partial charge in [-0.05, 0) is 152 Å². The summed E-state index contributed by atoms with van der Waals surface area (Å²) in [6, 6.07) is 0. The van der Waals surface area contributed by atoms with Gasteiger partial charge in [-0.3, -0.25) is 86.3 Å². The SMILES string of the molecule is CCCC(=O)OCCCCCCOC(=O)CCC(C(C)=O)C(=O)OCC(CCC(=O)C(C)C(C)=O)OC(=O)C(CCC(=O)OCOC(=O)CCC(C(C)=O)C(=O)OC(COC(=O)C(C)C(C)=O)COC(=O)C(CCC(=O)OCCCCCCOC(=O)CCC)C(C)=O)C(C)=O. The molecular weight excluding hydrogens is 1260 g/mol. The topological polar surface area (TPSA) is 409 Å². The van der Waals surface area contributed by atoms with E-state index in [1.54, 1.807) is 0 Å². The Bertz CT molecular complexity index is 2410. The van der Waals surface area contributed by atoms with Crippen LogP contribution < -0.4 is 0 Å². The maximum absolute atomic E-state index is 13.5. The van der Waals surface area contributed by atoms with E-state index >= 15 is 0 Å². The predicted octanol–water partition coefficient (Wildman–Crippen LogP) is 6.12. The third-order valence-corrected chi connectivity index (χ3v) is 14.7. The Morgan fingerprint density at radius 3 is 0.874 bits per heavy atom. The van der Waals surface area contributed by atoms with Crippen molar-refractivity contribution in [2.75, 3.05) is 53.0 Å². The standard InChI is InChI=1S/C66H98O29/c1-11-21-56(74)85-33-17-13-15-19-35-87-58(76)29-24-51(45(7)69)63(81)90-37-49(23-28-55(73)41(3)43(5)67)94-65(83)53(47(9)71)26-31-60(78)92-40-93-61(79)32-27-54(48(10)72)66(84)95-50(38-89-62(80)42(4)44(6)68)39-91-64(82)52(46(8)70)25-30-59(77)88-36-20-16-14-18-34-86-57(75)22-12-2/h41-42,49-54H,11-40H2,1-10H3. The van der Waals surface area contributed by atoms with Gasteiger partial charge in [0, 0.05) is 44.9 Å². The highest BCUT2D eigenvalue weighted by atomic mass is 16.7. The van der Waals surface area contributed by atoms with Crippen molar-refractivity contribution in [1.82, 2.24) is 0 Å². The van der Waals surface area contributed by atoms with Crippen LogP contribution in [0.5, 0.6) is 0 Å². The molecule has 0 saturated heterocycles. The van der Waals surface area contributed by atoms with Gasteiger partial charge in [0.05, 0.1) is 32.3 Å². The lowest BCUT2D eigenvalue weighted by atomic mass is 9.97. The lowest BCUT2D eigenvalue weighted by molar-refractivity contribution is -0.174. The fraction of sp³-hybridized carbons (Fsp3) is 0.727. The summed E-state index contributed by atoms with van der Waals surface area (Å²) in [5.41, 5.74) is 0. The quantitative estimate of drug-likeness (QED) is 0.0217. The average molecular weight is 1360 g/mol. The van der Waals surface area contributed by atoms with E-state index < -0.39 is 194 Å². The fourth-order valence-electron chi connectivity index (χ4n) is 8.41. The molecule has 0 aromatic rings. The predicted molar refractivity (Wildman–Crippen MR) is 328 cm³/mol. The van der Waals surface area contributed by atoms with Crippen LogP contribution in [0.3, 0.4) is 0 Å². The minimum Gasteiger partial charge on any atom is -0.466 e. The van der Waals surface area contributed by atoms with E-state index in [9.17, 15) is 86.3 Å². The van der Waals surface area contributed by atoms with Crippen molar-refractivity contribution in [1.29, 1.82) is 0 Å². The molecule has 0 amide bonds. The van der Waals surface area contributed by atoms with Gasteiger partial charge < -0.3 is 52.1 Å². The second-order valence-corrected chi connectivity index (χ2v) is 22.8. The lowest BCUT2D eigenvalue weighted by Gasteiger charge is -2.22. The number of ether oxygens (including phenoxy) is 11. The molecule has 0 aliphatic carbocycles. The summed E-state index contributed by atoms with van der Waals surface area (Å²) in [7, 11) is 0. The molecule has 536 valence electrons. The van der Waals surface area contributed by atoms with Gasteiger partial charge in [0.1, 0.15) is 96.0 Å². The summed E-state index contributed by atoms with van der Waals surface area (Å²) in [5, 5.41) is 0. The fourth-order valence-corrected chi connectivity index (χ4v) is 8.41. The molecule has 0 aromatic carbocycles. The number of esters is 11. The molecular formula is C66H98O29. The Hall–Kier alpha value is -8.14. The first-order chi connectivity index (χ1) is 44.9. The number of carbonyl (C=O) groups excluding carboxylic acids is 18. The molecule has 8 atom stereocenters. The number of Topliss-reactive ketones (excluding diaryl/α,β-unsaturated/α-hetero) is 7. The zero-order chi connectivity index (χ0) is 72.0. The molecule has 0 heterocycles. The van der Waals surface area contributed by atoms with E-state index in [1.807, 2.05) is 13.8 Å². The second-order valence-electron chi connectivity index (χ2n) is 22.8. The lowest BCUT2D eigenvalue weighted by Crippen LogP contribution is -2.37. The van der Waals surface area contributed by atoms with Crippen molar-refractivity contribution < 1.29 is 138 Å². The molecule has 0 aliphatic rings. The first kappa shape index (κ1) is 86.9. The van der Waals surface area contributed by atoms with Crippen LogP contribution in [0, 0.1) is 35.5 Å². The highest BCUT2D eigenvalue weighted by molar-refractivity contribution is 6.02. The maximum atomic E-state index is 13.5. The third kappa shape index (κ3) is 40.7. The zero-order valence-corrected chi connectivity index (χ0v) is 56.7. The average Bonchev–Trinajstić information content (AvgIpc) is 1.12. The Morgan fingerprint density at radius 1 is 0.274 bits per heavy atom. The van der Waals surface area contributed by atoms with Gasteiger partial charge in [0.15, 0.2) is 6.10 Å². The minimum absolute atomic E-state index is 0.0604. The molecule has 29 nitrogen and oxygen atoms in total. The third-order valence-electron chi connectivity index (χ3n) is 14.7. The van der Waals surface area contributed by atoms with Crippen molar-refractivity contribution >= 4 is 106 Å². The zero-order valence-electron chi connectivity index (χ0n) is 56.7. The van der Waals surface area contributed by atoms with Crippen molar-refractivity contribution in [3.63, 3.8) is 0 Å². The van der Waals surface area contributed by atoms with Crippen LogP contribution >= 0.6 is 0 Å². The van der Waals surface area contributed by atoms with E-state index in [0.717, 1.165) is 47.5 Å². The molecule has 95 heavy (non-hydrogen) atoms. The number of rotatable bonds is 55. The Labute approximate surface area is 554 Å². The van der Waals surface area contributed by atoms with E-state index in [1.165, 1.54) is 20.8 Å². The summed E-state index contributed by atoms with van der Waals surface area (Å²) >= 11 is 0. The summed E-state index contributed by atoms with van der Waals surface area (Å²) < 4.78 is 57.1. The van der Waals surface area contributed by atoms with Gasteiger partial charge in [-0.2, -0.15) is 0 Å². The number of hydrogen-bond donors (Lipinski definition) is 0. The van der Waals surface area contributed by atoms with Crippen molar-refractivity contribution in [3.05, 3.63) is 0 Å². The van der Waals surface area contributed by atoms with Crippen LogP contribution in [0.1, 0.15) is 210 Å². The van der Waals surface area contributed by atoms with E-state index in [0.29, 0.717) is 64.2 Å². The molecule has 0 radical (unpaired) electrons. The molecule has 8 unspecified atom stereocenters. The molecule has 29 heteroatoms. The van der Waals surface area contributed by atoms with Crippen LogP contribution in [0.2, 0.25) is 0 Å². The monoisotopic (exact) mass is 1350 g/mol. The van der Waals surface area contributed by atoms with Crippen molar-refractivity contribution in [2.24, 2.45) is 35.5 Å². The summed E-state index contributed by atoms with van der Waals surface area (Å²) in [5.74, 6) is -23.0. The molecule has 0 aromatic heterocycles. The Balaban J connectivity index is 5.63. The first-order valence-electron chi connectivity index (χ1n) is 32.3. The number of hydrogen-bond acceptors (Lipinski definition) is 29. The minimum atomic E-state index is -1.68. The summed E-state index contributed by atoms with van der Waals surface area (Å²) in [6.07, 6.45) is -0.284. The molecule has 0 rings (SSSR count). The van der Waals surface area contributed by atoms with Gasteiger partial charge in [0.2, 0.25) is 6.79 Å². The molecule has 0 spiro atoms. The number of unbranched alkanes of at least 4 members (excludes halogenated alkanes) is 6. The first-order valence-corrected chi connectivity index (χ1v) is 32.3. The van der Waals surface area contributed by atoms with Crippen LogP contribution in [0.25, 0.3) is 0 Å². The van der Waals surface area contributed by atoms with Crippen LogP contribution in [0.4, 0.5) is 0 Å². The highest BCUT2D eigenvalue weighted by Gasteiger charge is 2.35. The van der Waals surface area contributed by atoms with Gasteiger partial charge in [-0.15, -0.1) is 0 Å². The molecule has 0 aliphatic heterocycles. The molecule has 0 saturated carbocycles. The summed E-state index contributed by atoms with van der Waals surface area (Å²) in [6.45, 7) is 10.1.